The Morgan fingerprint density at radius 1 is 0.630 bits per heavy atom. The van der Waals surface area contributed by atoms with Gasteiger partial charge in [-0.2, -0.15) is 0 Å². The maximum atomic E-state index is 2.87. The molecule has 1 saturated carbocycles. The molecule has 11 rings (SSSR count). The number of benzene rings is 6. The maximum absolute atomic E-state index is 2.87. The van der Waals surface area contributed by atoms with E-state index in [0.29, 0.717) is 0 Å². The SMILES string of the molecule is CC(C)(C)c1cc2c3c(c1)C1(C)CCCCC1(C)N3c1cc(N(c3ccccc3)c3ccccc3)cc3c1B2c1cccc2cc(-c4ccccc4)n-3c12. The second-order valence-electron chi connectivity index (χ2n) is 17.7. The molecule has 4 heterocycles. The molecule has 0 N–H and O–H groups in total. The fourth-order valence-corrected chi connectivity index (χ4v) is 11.0. The van der Waals surface area contributed by atoms with Crippen molar-refractivity contribution in [2.75, 3.05) is 9.80 Å². The Labute approximate surface area is 320 Å². The number of nitrogens with zero attached hydrogens (tertiary/aromatic N) is 3. The lowest BCUT2D eigenvalue weighted by Crippen LogP contribution is -2.64. The molecular formula is C50H46BN3. The standard InChI is InChI=1S/C50H46BN3/c1-48(2,3)35-29-39-47-41(30-35)51-40-25-17-20-34-28-42(33-18-9-6-10-19-33)53(46(34)40)43-31-38(52(36-21-11-7-12-22-36)37-23-13-8-14-24-37)32-44(45(43)51)54(47)50(5)27-16-15-26-49(39,50)4/h6-14,17-25,28-32H,15-16,26-27H2,1-5H3. The van der Waals surface area contributed by atoms with Gasteiger partial charge in [0.15, 0.2) is 0 Å². The van der Waals surface area contributed by atoms with Gasteiger partial charge in [0.05, 0.1) is 16.9 Å². The molecule has 54 heavy (non-hydrogen) atoms. The summed E-state index contributed by atoms with van der Waals surface area (Å²) in [6.07, 6.45) is 4.91. The Kier molecular flexibility index (Phi) is 6.54. The van der Waals surface area contributed by atoms with Gasteiger partial charge in [-0.25, -0.2) is 0 Å². The molecule has 4 heteroatoms. The Morgan fingerprint density at radius 3 is 1.96 bits per heavy atom. The highest BCUT2D eigenvalue weighted by Crippen LogP contribution is 2.62. The van der Waals surface area contributed by atoms with Crippen LogP contribution in [-0.4, -0.2) is 16.8 Å². The summed E-state index contributed by atoms with van der Waals surface area (Å²) in [6, 6.07) is 52.6. The second kappa shape index (κ2) is 11.0. The van der Waals surface area contributed by atoms with Crippen LogP contribution in [0.25, 0.3) is 27.8 Å². The van der Waals surface area contributed by atoms with Crippen molar-refractivity contribution in [1.82, 2.24) is 4.57 Å². The number of hydrogen-bond donors (Lipinski definition) is 0. The van der Waals surface area contributed by atoms with Crippen LogP contribution < -0.4 is 26.2 Å². The van der Waals surface area contributed by atoms with Crippen LogP contribution in [0.5, 0.6) is 0 Å². The van der Waals surface area contributed by atoms with E-state index >= 15 is 0 Å². The van der Waals surface area contributed by atoms with Crippen molar-refractivity contribution in [3.05, 3.63) is 151 Å². The van der Waals surface area contributed by atoms with Gasteiger partial charge in [0.25, 0.3) is 6.71 Å². The molecule has 0 radical (unpaired) electrons. The van der Waals surface area contributed by atoms with Gasteiger partial charge in [0, 0.05) is 44.8 Å². The highest BCUT2D eigenvalue weighted by Gasteiger charge is 2.61. The molecule has 3 aliphatic heterocycles. The third-order valence-corrected chi connectivity index (χ3v) is 13.8. The number of para-hydroxylation sites is 3. The number of aromatic nitrogens is 1. The van der Waals surface area contributed by atoms with Crippen molar-refractivity contribution in [2.24, 2.45) is 0 Å². The van der Waals surface area contributed by atoms with Crippen LogP contribution in [0, 0.1) is 0 Å². The monoisotopic (exact) mass is 699 g/mol. The molecule has 7 aromatic rings. The molecule has 6 aromatic carbocycles. The maximum Gasteiger partial charge on any atom is 0.252 e. The normalized spacial score (nSPS) is 20.5. The number of fused-ring (bicyclic) bond motifs is 7. The largest absolute Gasteiger partial charge is 0.335 e. The second-order valence-corrected chi connectivity index (χ2v) is 17.7. The van der Waals surface area contributed by atoms with E-state index in [0.717, 1.165) is 11.4 Å². The van der Waals surface area contributed by atoms with Gasteiger partial charge >= 0.3 is 0 Å². The quantitative estimate of drug-likeness (QED) is 0.169. The Bertz CT molecular complexity index is 2600. The summed E-state index contributed by atoms with van der Waals surface area (Å²) in [5.74, 6) is 0. The first kappa shape index (κ1) is 32.0. The summed E-state index contributed by atoms with van der Waals surface area (Å²) in [7, 11) is 0. The zero-order valence-corrected chi connectivity index (χ0v) is 32.0. The van der Waals surface area contributed by atoms with Crippen LogP contribution in [0.15, 0.2) is 140 Å². The molecule has 0 saturated heterocycles. The highest BCUT2D eigenvalue weighted by atomic mass is 15.3. The smallest absolute Gasteiger partial charge is 0.252 e. The molecule has 0 amide bonds. The molecule has 0 spiro atoms. The van der Waals surface area contributed by atoms with Crippen LogP contribution in [-0.2, 0) is 10.8 Å². The molecule has 1 aliphatic carbocycles. The molecule has 2 unspecified atom stereocenters. The Balaban J connectivity index is 1.31. The summed E-state index contributed by atoms with van der Waals surface area (Å²) in [4.78, 5) is 5.33. The molecule has 4 aliphatic rings. The van der Waals surface area contributed by atoms with E-state index in [-0.39, 0.29) is 23.1 Å². The molecule has 1 fully saturated rings. The summed E-state index contributed by atoms with van der Waals surface area (Å²) in [5.41, 5.74) is 18.8. The highest BCUT2D eigenvalue weighted by molar-refractivity contribution is 7.00. The first-order valence-corrected chi connectivity index (χ1v) is 19.9. The minimum Gasteiger partial charge on any atom is -0.335 e. The summed E-state index contributed by atoms with van der Waals surface area (Å²) in [6.45, 7) is 12.5. The third kappa shape index (κ3) is 4.14. The molecule has 1 aromatic heterocycles. The van der Waals surface area contributed by atoms with Crippen LogP contribution in [0.4, 0.5) is 28.4 Å². The first-order valence-electron chi connectivity index (χ1n) is 19.9. The van der Waals surface area contributed by atoms with Crippen molar-refractivity contribution in [3.8, 4) is 16.9 Å². The van der Waals surface area contributed by atoms with Crippen LogP contribution in [0.3, 0.4) is 0 Å². The van der Waals surface area contributed by atoms with Gasteiger partial charge in [-0.05, 0) is 101 Å². The van der Waals surface area contributed by atoms with Crippen molar-refractivity contribution < 1.29 is 0 Å². The van der Waals surface area contributed by atoms with E-state index in [9.17, 15) is 0 Å². The van der Waals surface area contributed by atoms with Crippen LogP contribution >= 0.6 is 0 Å². The van der Waals surface area contributed by atoms with Crippen molar-refractivity contribution >= 4 is 62.4 Å². The molecule has 3 nitrogen and oxygen atoms in total. The summed E-state index contributed by atoms with van der Waals surface area (Å²) in [5, 5.41) is 1.30. The van der Waals surface area contributed by atoms with Crippen LogP contribution in [0.2, 0.25) is 0 Å². The molecular weight excluding hydrogens is 653 g/mol. The van der Waals surface area contributed by atoms with Crippen molar-refractivity contribution in [1.29, 1.82) is 0 Å². The van der Waals surface area contributed by atoms with E-state index in [4.69, 9.17) is 0 Å². The van der Waals surface area contributed by atoms with Gasteiger partial charge in [-0.3, -0.25) is 0 Å². The third-order valence-electron chi connectivity index (χ3n) is 13.8. The first-order chi connectivity index (χ1) is 26.2. The molecule has 264 valence electrons. The average molecular weight is 700 g/mol. The molecule has 2 atom stereocenters. The summed E-state index contributed by atoms with van der Waals surface area (Å²) < 4.78 is 2.62. The minimum atomic E-state index is -0.0637. The lowest BCUT2D eigenvalue weighted by Gasteiger charge is -2.52. The topological polar surface area (TPSA) is 11.4 Å². The predicted octanol–water partition coefficient (Wildman–Crippen LogP) is 10.9. The Morgan fingerprint density at radius 2 is 1.28 bits per heavy atom. The number of rotatable bonds is 4. The Hall–Kier alpha value is -5.48. The van der Waals surface area contributed by atoms with Gasteiger partial charge in [-0.1, -0.05) is 138 Å². The van der Waals surface area contributed by atoms with Gasteiger partial charge in [0.2, 0.25) is 0 Å². The fourth-order valence-electron chi connectivity index (χ4n) is 11.0. The number of anilines is 5. The minimum absolute atomic E-state index is 0.0284. The van der Waals surface area contributed by atoms with E-state index in [1.807, 2.05) is 0 Å². The van der Waals surface area contributed by atoms with Gasteiger partial charge in [-0.15, -0.1) is 0 Å². The van der Waals surface area contributed by atoms with Crippen LogP contribution in [0.1, 0.15) is 71.4 Å². The van der Waals surface area contributed by atoms with Crippen molar-refractivity contribution in [3.63, 3.8) is 0 Å². The van der Waals surface area contributed by atoms with Crippen molar-refractivity contribution in [2.45, 2.75) is 76.7 Å². The fraction of sp³-hybridized carbons (Fsp3) is 0.240. The van der Waals surface area contributed by atoms with E-state index in [1.165, 1.54) is 92.5 Å². The molecule has 0 bridgehead atoms. The van der Waals surface area contributed by atoms with E-state index in [2.05, 4.69) is 189 Å². The lowest BCUT2D eigenvalue weighted by atomic mass is 9.33. The lowest BCUT2D eigenvalue weighted by molar-refractivity contribution is 0.195. The van der Waals surface area contributed by atoms with Gasteiger partial charge in [0.1, 0.15) is 0 Å². The zero-order chi connectivity index (χ0) is 36.6. The summed E-state index contributed by atoms with van der Waals surface area (Å²) >= 11 is 0. The van der Waals surface area contributed by atoms with Gasteiger partial charge < -0.3 is 14.4 Å². The zero-order valence-electron chi connectivity index (χ0n) is 32.0. The van der Waals surface area contributed by atoms with E-state index < -0.39 is 0 Å². The van der Waals surface area contributed by atoms with E-state index in [1.54, 1.807) is 5.56 Å². The number of hydrogen-bond acceptors (Lipinski definition) is 2. The predicted molar refractivity (Wildman–Crippen MR) is 230 cm³/mol. The average Bonchev–Trinajstić information content (AvgIpc) is 3.68.